The summed E-state index contributed by atoms with van der Waals surface area (Å²) < 4.78 is 6.21. The minimum absolute atomic E-state index is 0.116. The molecule has 4 nitrogen and oxygen atoms in total. The number of ether oxygens (including phenoxy) is 1. The van der Waals surface area contributed by atoms with Gasteiger partial charge in [-0.05, 0) is 92.6 Å². The summed E-state index contributed by atoms with van der Waals surface area (Å²) in [7, 11) is 0. The van der Waals surface area contributed by atoms with E-state index in [1.54, 1.807) is 11.6 Å². The smallest absolute Gasteiger partial charge is 0.331 e. The van der Waals surface area contributed by atoms with Gasteiger partial charge in [-0.3, -0.25) is 0 Å². The number of carbonyl (C=O) groups excluding carboxylic acids is 1. The topological polar surface area (TPSA) is 58.9 Å². The number of nitrogens with zero attached hydrogens (tertiary/aromatic N) is 1. The van der Waals surface area contributed by atoms with E-state index in [-0.39, 0.29) is 17.0 Å². The number of oxime groups is 1. The Hall–Kier alpha value is -1.58. The Bertz CT molecular complexity index is 843. The Balaban J connectivity index is 1.42. The Kier molecular flexibility index (Phi) is 3.76. The lowest BCUT2D eigenvalue weighted by Gasteiger charge is -2.60. The third kappa shape index (κ3) is 2.11. The van der Waals surface area contributed by atoms with Crippen molar-refractivity contribution in [2.24, 2.45) is 52.0 Å². The van der Waals surface area contributed by atoms with E-state index in [4.69, 9.17) is 4.74 Å². The Morgan fingerprint density at radius 2 is 2.14 bits per heavy atom. The second-order valence-corrected chi connectivity index (χ2v) is 10.7. The number of esters is 1. The van der Waals surface area contributed by atoms with Crippen molar-refractivity contribution in [3.8, 4) is 0 Å². The number of hydrogen-bond donors (Lipinski definition) is 1. The van der Waals surface area contributed by atoms with Crippen molar-refractivity contribution in [2.45, 2.75) is 70.8 Å². The van der Waals surface area contributed by atoms with Crippen LogP contribution in [0.5, 0.6) is 0 Å². The maximum absolute atomic E-state index is 12.2. The number of carbonyl (C=O) groups is 1. The van der Waals surface area contributed by atoms with Crippen molar-refractivity contribution in [3.63, 3.8) is 0 Å². The molecule has 0 saturated heterocycles. The normalized spacial score (nSPS) is 53.2. The van der Waals surface area contributed by atoms with Crippen LogP contribution in [-0.2, 0) is 9.53 Å². The molecule has 6 aliphatic rings. The average molecular weight is 396 g/mol. The SMILES string of the molecule is CCC1CC2=C/C(=N/O)CC[C@@H]2C2CC[C@@]3(CC)C(C4CC4[C@@]34C=CC(=O)O4)C12. The fourth-order valence-corrected chi connectivity index (χ4v) is 9.25. The quantitative estimate of drug-likeness (QED) is 0.401. The van der Waals surface area contributed by atoms with Crippen molar-refractivity contribution >= 4 is 11.7 Å². The van der Waals surface area contributed by atoms with Gasteiger partial charge in [0.05, 0.1) is 5.71 Å². The van der Waals surface area contributed by atoms with E-state index >= 15 is 0 Å². The molecule has 0 aromatic rings. The zero-order valence-electron chi connectivity index (χ0n) is 17.6. The predicted molar refractivity (Wildman–Crippen MR) is 110 cm³/mol. The molecule has 0 aromatic carbocycles. The first-order valence-corrected chi connectivity index (χ1v) is 11.9. The minimum atomic E-state index is -0.309. The van der Waals surface area contributed by atoms with Crippen LogP contribution in [0, 0.1) is 46.8 Å². The lowest BCUT2D eigenvalue weighted by Crippen LogP contribution is -2.57. The summed E-state index contributed by atoms with van der Waals surface area (Å²) in [6.07, 6.45) is 15.4. The van der Waals surface area contributed by atoms with Crippen molar-refractivity contribution in [2.75, 3.05) is 0 Å². The molecular formula is C25H33NO3. The van der Waals surface area contributed by atoms with Crippen molar-refractivity contribution in [1.29, 1.82) is 0 Å². The van der Waals surface area contributed by atoms with Gasteiger partial charge in [-0.1, -0.05) is 31.0 Å². The molecule has 29 heavy (non-hydrogen) atoms. The molecule has 0 amide bonds. The largest absolute Gasteiger partial charge is 0.451 e. The van der Waals surface area contributed by atoms with Gasteiger partial charge in [-0.2, -0.15) is 0 Å². The van der Waals surface area contributed by atoms with E-state index < -0.39 is 0 Å². The molecule has 4 saturated carbocycles. The van der Waals surface area contributed by atoms with Gasteiger partial charge in [0.1, 0.15) is 5.60 Å². The fraction of sp³-hybridized carbons (Fsp3) is 0.760. The summed E-state index contributed by atoms with van der Waals surface area (Å²) >= 11 is 0. The number of fused-ring (bicyclic) bond motifs is 9. The molecule has 0 aromatic heterocycles. The molecule has 6 unspecified atom stereocenters. The number of rotatable bonds is 2. The summed E-state index contributed by atoms with van der Waals surface area (Å²) in [5.41, 5.74) is 2.25. The number of hydrogen-bond acceptors (Lipinski definition) is 4. The second kappa shape index (κ2) is 5.98. The van der Waals surface area contributed by atoms with Crippen LogP contribution in [0.1, 0.15) is 65.2 Å². The molecular weight excluding hydrogens is 362 g/mol. The first-order chi connectivity index (χ1) is 14.1. The van der Waals surface area contributed by atoms with Crippen LogP contribution in [0.3, 0.4) is 0 Å². The fourth-order valence-electron chi connectivity index (χ4n) is 9.25. The van der Waals surface area contributed by atoms with E-state index in [9.17, 15) is 10.0 Å². The molecule has 156 valence electrons. The summed E-state index contributed by atoms with van der Waals surface area (Å²) in [5.74, 6) is 4.76. The average Bonchev–Trinajstić information content (AvgIpc) is 3.40. The number of allylic oxidation sites excluding steroid dienone is 2. The molecule has 0 bridgehead atoms. The van der Waals surface area contributed by atoms with Crippen LogP contribution in [0.15, 0.2) is 29.0 Å². The lowest BCUT2D eigenvalue weighted by molar-refractivity contribution is -0.175. The van der Waals surface area contributed by atoms with Crippen LogP contribution >= 0.6 is 0 Å². The first kappa shape index (κ1) is 18.2. The van der Waals surface area contributed by atoms with Crippen molar-refractivity contribution in [3.05, 3.63) is 23.8 Å². The van der Waals surface area contributed by atoms with Gasteiger partial charge in [-0.15, -0.1) is 0 Å². The van der Waals surface area contributed by atoms with Crippen LogP contribution in [0.4, 0.5) is 0 Å². The van der Waals surface area contributed by atoms with E-state index in [0.29, 0.717) is 23.7 Å². The highest BCUT2D eigenvalue weighted by molar-refractivity contribution is 5.96. The summed E-state index contributed by atoms with van der Waals surface area (Å²) in [4.78, 5) is 12.2. The molecule has 9 atom stereocenters. The van der Waals surface area contributed by atoms with E-state index in [0.717, 1.165) is 49.1 Å². The Labute approximate surface area is 173 Å². The molecule has 6 rings (SSSR count). The summed E-state index contributed by atoms with van der Waals surface area (Å²) in [6.45, 7) is 4.71. The third-order valence-corrected chi connectivity index (χ3v) is 10.2. The van der Waals surface area contributed by atoms with E-state index in [1.165, 1.54) is 25.7 Å². The van der Waals surface area contributed by atoms with Gasteiger partial charge in [0, 0.05) is 17.4 Å². The molecule has 5 aliphatic carbocycles. The zero-order valence-corrected chi connectivity index (χ0v) is 17.6. The molecule has 1 N–H and O–H groups in total. The highest BCUT2D eigenvalue weighted by Crippen LogP contribution is 2.79. The third-order valence-electron chi connectivity index (χ3n) is 10.2. The van der Waals surface area contributed by atoms with Gasteiger partial charge in [0.15, 0.2) is 0 Å². The monoisotopic (exact) mass is 395 g/mol. The van der Waals surface area contributed by atoms with Gasteiger partial charge >= 0.3 is 5.97 Å². The summed E-state index contributed by atoms with van der Waals surface area (Å²) in [5, 5.41) is 12.8. The molecule has 0 radical (unpaired) electrons. The standard InChI is InChI=1S/C25H33NO3/c1-3-14-11-15-12-16(26-28)5-6-17(15)18-7-9-24(4-2)23(22(14)18)19-13-20(19)25(24)10-8-21(27)29-25/h8,10,12,14,17-20,22-23,28H,3-7,9,11,13H2,1-2H3/b26-16+/t14?,17-,18?,19?,20?,22?,23?,24-,25-/m0/s1. The van der Waals surface area contributed by atoms with Crippen LogP contribution < -0.4 is 0 Å². The highest BCUT2D eigenvalue weighted by Gasteiger charge is 2.79. The Morgan fingerprint density at radius 3 is 2.83 bits per heavy atom. The lowest BCUT2D eigenvalue weighted by atomic mass is 9.45. The molecule has 1 heterocycles. The van der Waals surface area contributed by atoms with Crippen molar-refractivity contribution in [1.82, 2.24) is 0 Å². The summed E-state index contributed by atoms with van der Waals surface area (Å²) in [6, 6.07) is 0. The van der Waals surface area contributed by atoms with Crippen LogP contribution in [-0.4, -0.2) is 22.5 Å². The maximum atomic E-state index is 12.2. The predicted octanol–water partition coefficient (Wildman–Crippen LogP) is 5.12. The maximum Gasteiger partial charge on any atom is 0.331 e. The van der Waals surface area contributed by atoms with E-state index in [1.807, 2.05) is 0 Å². The van der Waals surface area contributed by atoms with Gasteiger partial charge in [0.25, 0.3) is 0 Å². The van der Waals surface area contributed by atoms with Crippen molar-refractivity contribution < 1.29 is 14.7 Å². The molecule has 4 fully saturated rings. The molecule has 4 heteroatoms. The highest BCUT2D eigenvalue weighted by atomic mass is 16.6. The van der Waals surface area contributed by atoms with Crippen LogP contribution in [0.25, 0.3) is 0 Å². The van der Waals surface area contributed by atoms with Crippen LogP contribution in [0.2, 0.25) is 0 Å². The van der Waals surface area contributed by atoms with Gasteiger partial charge in [-0.25, -0.2) is 4.79 Å². The molecule has 1 spiro atoms. The van der Waals surface area contributed by atoms with Gasteiger partial charge < -0.3 is 9.94 Å². The molecule has 1 aliphatic heterocycles. The van der Waals surface area contributed by atoms with E-state index in [2.05, 4.69) is 31.2 Å². The Morgan fingerprint density at radius 1 is 1.28 bits per heavy atom. The minimum Gasteiger partial charge on any atom is -0.451 e. The zero-order chi connectivity index (χ0) is 20.0. The second-order valence-electron chi connectivity index (χ2n) is 10.7. The van der Waals surface area contributed by atoms with Gasteiger partial charge in [0.2, 0.25) is 0 Å². The first-order valence-electron chi connectivity index (χ1n) is 11.9.